The van der Waals surface area contributed by atoms with Gasteiger partial charge in [-0.15, -0.1) is 0 Å². The molecular weight excluding hydrogens is 330 g/mol. The molecule has 1 fully saturated rings. The molecule has 6 nitrogen and oxygen atoms in total. The van der Waals surface area contributed by atoms with E-state index in [1.165, 1.54) is 0 Å². The van der Waals surface area contributed by atoms with Crippen molar-refractivity contribution in [2.75, 3.05) is 39.2 Å². The van der Waals surface area contributed by atoms with Gasteiger partial charge in [0.05, 0.1) is 25.5 Å². The number of carbonyl (C=O) groups is 1. The number of hydrogen-bond donors (Lipinski definition) is 1. The highest BCUT2D eigenvalue weighted by Crippen LogP contribution is 2.27. The highest BCUT2D eigenvalue weighted by Gasteiger charge is 2.19. The maximum Gasteiger partial charge on any atom is 0.255 e. The van der Waals surface area contributed by atoms with Crippen LogP contribution in [0.15, 0.2) is 36.7 Å². The minimum atomic E-state index is 0.0681. The number of methoxy groups -OCH3 is 2. The Labute approximate surface area is 154 Å². The van der Waals surface area contributed by atoms with Crippen molar-refractivity contribution in [2.24, 2.45) is 0 Å². The number of likely N-dealkylation sites (tertiary alicyclic amines) is 1. The Balaban J connectivity index is 1.58. The van der Waals surface area contributed by atoms with Gasteiger partial charge in [0, 0.05) is 32.0 Å². The second-order valence-electron chi connectivity index (χ2n) is 6.33. The number of benzene rings is 1. The van der Waals surface area contributed by atoms with Gasteiger partial charge in [-0.3, -0.25) is 9.78 Å². The summed E-state index contributed by atoms with van der Waals surface area (Å²) in [4.78, 5) is 18.6. The molecule has 138 valence electrons. The SMILES string of the molecule is COc1ccc(CCNc2cncc(C(=O)N3CCCC3)c2)cc1OC. The van der Waals surface area contributed by atoms with Crippen molar-refractivity contribution < 1.29 is 14.3 Å². The normalized spacial score (nSPS) is 13.5. The molecule has 1 aliphatic heterocycles. The van der Waals surface area contributed by atoms with Gasteiger partial charge >= 0.3 is 0 Å². The lowest BCUT2D eigenvalue weighted by atomic mass is 10.1. The largest absolute Gasteiger partial charge is 0.493 e. The van der Waals surface area contributed by atoms with Crippen molar-refractivity contribution in [3.8, 4) is 11.5 Å². The first-order valence-electron chi connectivity index (χ1n) is 8.90. The Bertz CT molecular complexity index is 758. The Kier molecular flexibility index (Phi) is 5.94. The van der Waals surface area contributed by atoms with E-state index in [4.69, 9.17) is 9.47 Å². The summed E-state index contributed by atoms with van der Waals surface area (Å²) in [7, 11) is 3.26. The minimum absolute atomic E-state index is 0.0681. The first-order valence-corrected chi connectivity index (χ1v) is 8.90. The third-order valence-electron chi connectivity index (χ3n) is 4.57. The van der Waals surface area contributed by atoms with E-state index in [-0.39, 0.29) is 5.91 Å². The predicted molar refractivity (Wildman–Crippen MR) is 101 cm³/mol. The van der Waals surface area contributed by atoms with Gasteiger partial charge in [-0.2, -0.15) is 0 Å². The first kappa shape index (κ1) is 18.0. The van der Waals surface area contributed by atoms with Crippen LogP contribution in [-0.4, -0.2) is 49.6 Å². The van der Waals surface area contributed by atoms with Crippen molar-refractivity contribution in [1.29, 1.82) is 0 Å². The highest BCUT2D eigenvalue weighted by atomic mass is 16.5. The second kappa shape index (κ2) is 8.56. The summed E-state index contributed by atoms with van der Waals surface area (Å²) in [5, 5.41) is 3.34. The van der Waals surface area contributed by atoms with Gasteiger partial charge in [0.15, 0.2) is 11.5 Å². The van der Waals surface area contributed by atoms with Crippen LogP contribution in [0, 0.1) is 0 Å². The number of rotatable bonds is 7. The fourth-order valence-corrected chi connectivity index (χ4v) is 3.14. The first-order chi connectivity index (χ1) is 12.7. The standard InChI is InChI=1S/C20H25N3O3/c1-25-18-6-5-15(11-19(18)26-2)7-8-22-17-12-16(13-21-14-17)20(24)23-9-3-4-10-23/h5-6,11-14,22H,3-4,7-10H2,1-2H3. The van der Waals surface area contributed by atoms with Gasteiger partial charge in [-0.1, -0.05) is 6.07 Å². The number of ether oxygens (including phenoxy) is 2. The van der Waals surface area contributed by atoms with E-state index in [0.717, 1.165) is 61.6 Å². The van der Waals surface area contributed by atoms with Crippen LogP contribution in [0.25, 0.3) is 0 Å². The van der Waals surface area contributed by atoms with Crippen molar-refractivity contribution in [2.45, 2.75) is 19.3 Å². The van der Waals surface area contributed by atoms with Crippen LogP contribution in [0.4, 0.5) is 5.69 Å². The number of anilines is 1. The molecule has 1 amide bonds. The van der Waals surface area contributed by atoms with Crippen LogP contribution in [0.2, 0.25) is 0 Å². The Morgan fingerprint density at radius 1 is 1.12 bits per heavy atom. The molecule has 0 atom stereocenters. The van der Waals surface area contributed by atoms with Gasteiger partial charge in [0.2, 0.25) is 0 Å². The molecule has 26 heavy (non-hydrogen) atoms. The molecule has 0 spiro atoms. The Hall–Kier alpha value is -2.76. The summed E-state index contributed by atoms with van der Waals surface area (Å²) in [5.74, 6) is 1.52. The molecule has 1 aromatic carbocycles. The molecule has 0 aliphatic carbocycles. The van der Waals surface area contributed by atoms with E-state index in [1.54, 1.807) is 26.6 Å². The van der Waals surface area contributed by atoms with E-state index in [0.29, 0.717) is 5.56 Å². The molecule has 1 N–H and O–H groups in total. The van der Waals surface area contributed by atoms with Crippen molar-refractivity contribution >= 4 is 11.6 Å². The van der Waals surface area contributed by atoms with Crippen LogP contribution < -0.4 is 14.8 Å². The lowest BCUT2D eigenvalue weighted by Crippen LogP contribution is -2.27. The minimum Gasteiger partial charge on any atom is -0.493 e. The smallest absolute Gasteiger partial charge is 0.255 e. The monoisotopic (exact) mass is 355 g/mol. The second-order valence-corrected chi connectivity index (χ2v) is 6.33. The topological polar surface area (TPSA) is 63.7 Å². The van der Waals surface area contributed by atoms with Gasteiger partial charge in [-0.05, 0) is 43.0 Å². The van der Waals surface area contributed by atoms with E-state index < -0.39 is 0 Å². The maximum atomic E-state index is 12.5. The molecular formula is C20H25N3O3. The molecule has 2 aromatic rings. The Morgan fingerprint density at radius 3 is 2.62 bits per heavy atom. The number of carbonyl (C=O) groups excluding carboxylic acids is 1. The molecule has 0 radical (unpaired) electrons. The zero-order valence-electron chi connectivity index (χ0n) is 15.3. The van der Waals surface area contributed by atoms with Gasteiger partial charge in [0.25, 0.3) is 5.91 Å². The molecule has 0 bridgehead atoms. The van der Waals surface area contributed by atoms with Gasteiger partial charge < -0.3 is 19.7 Å². The molecule has 0 saturated carbocycles. The van der Waals surface area contributed by atoms with Crippen LogP contribution in [0.3, 0.4) is 0 Å². The molecule has 0 unspecified atom stereocenters. The summed E-state index contributed by atoms with van der Waals surface area (Å²) in [6.45, 7) is 2.42. The third-order valence-corrected chi connectivity index (χ3v) is 4.57. The maximum absolute atomic E-state index is 12.5. The van der Waals surface area contributed by atoms with Gasteiger partial charge in [-0.25, -0.2) is 0 Å². The van der Waals surface area contributed by atoms with E-state index in [9.17, 15) is 4.79 Å². The summed E-state index contributed by atoms with van der Waals surface area (Å²) >= 11 is 0. The molecule has 2 heterocycles. The average Bonchev–Trinajstić information content (AvgIpc) is 3.22. The van der Waals surface area contributed by atoms with Crippen LogP contribution in [0.5, 0.6) is 11.5 Å². The number of hydrogen-bond acceptors (Lipinski definition) is 5. The lowest BCUT2D eigenvalue weighted by molar-refractivity contribution is 0.0792. The zero-order chi connectivity index (χ0) is 18.4. The van der Waals surface area contributed by atoms with Crippen LogP contribution >= 0.6 is 0 Å². The lowest BCUT2D eigenvalue weighted by Gasteiger charge is -2.15. The molecule has 3 rings (SSSR count). The fraction of sp³-hybridized carbons (Fsp3) is 0.400. The van der Waals surface area contributed by atoms with Crippen molar-refractivity contribution in [1.82, 2.24) is 9.88 Å². The third kappa shape index (κ3) is 4.25. The van der Waals surface area contributed by atoms with E-state index >= 15 is 0 Å². The number of aromatic nitrogens is 1. The Morgan fingerprint density at radius 2 is 1.88 bits per heavy atom. The summed E-state index contributed by atoms with van der Waals surface area (Å²) < 4.78 is 10.6. The molecule has 1 aromatic heterocycles. The summed E-state index contributed by atoms with van der Waals surface area (Å²) in [5.41, 5.74) is 2.64. The van der Waals surface area contributed by atoms with Crippen molar-refractivity contribution in [3.05, 3.63) is 47.8 Å². The van der Waals surface area contributed by atoms with E-state index in [2.05, 4.69) is 10.3 Å². The summed E-state index contributed by atoms with van der Waals surface area (Å²) in [6, 6.07) is 7.79. The number of amides is 1. The van der Waals surface area contributed by atoms with Crippen molar-refractivity contribution in [3.63, 3.8) is 0 Å². The number of nitrogens with one attached hydrogen (secondary N) is 1. The fourth-order valence-electron chi connectivity index (χ4n) is 3.14. The highest BCUT2D eigenvalue weighted by molar-refractivity contribution is 5.94. The van der Waals surface area contributed by atoms with Crippen LogP contribution in [-0.2, 0) is 6.42 Å². The number of nitrogens with zero attached hydrogens (tertiary/aromatic N) is 2. The molecule has 1 saturated heterocycles. The van der Waals surface area contributed by atoms with Gasteiger partial charge in [0.1, 0.15) is 0 Å². The van der Waals surface area contributed by atoms with Crippen LogP contribution in [0.1, 0.15) is 28.8 Å². The predicted octanol–water partition coefficient (Wildman–Crippen LogP) is 2.99. The number of pyridine rings is 1. The molecule has 1 aliphatic rings. The zero-order valence-corrected chi connectivity index (χ0v) is 15.3. The quantitative estimate of drug-likeness (QED) is 0.827. The average molecular weight is 355 g/mol. The summed E-state index contributed by atoms with van der Waals surface area (Å²) in [6.07, 6.45) is 6.38. The van der Waals surface area contributed by atoms with E-state index in [1.807, 2.05) is 29.2 Å². The molecule has 6 heteroatoms.